The Labute approximate surface area is 144 Å². The fourth-order valence-corrected chi connectivity index (χ4v) is 2.99. The van der Waals surface area contributed by atoms with Gasteiger partial charge >= 0.3 is 5.97 Å². The molecular weight excluding hydrogens is 336 g/mol. The van der Waals surface area contributed by atoms with Crippen molar-refractivity contribution >= 4 is 5.97 Å². The van der Waals surface area contributed by atoms with Gasteiger partial charge in [-0.05, 0) is 24.6 Å². The first-order valence-corrected chi connectivity index (χ1v) is 8.05. The van der Waals surface area contributed by atoms with Crippen LogP contribution >= 0.6 is 0 Å². The van der Waals surface area contributed by atoms with Crippen LogP contribution in [-0.2, 0) is 14.3 Å². The molecule has 1 aliphatic heterocycles. The number of carbonyl (C=O) groups is 1. The topological polar surface area (TPSA) is 157 Å². The van der Waals surface area contributed by atoms with E-state index in [9.17, 15) is 35.4 Å². The molecule has 2 rings (SSSR count). The number of allylic oxidation sites excluding steroid dienone is 1. The van der Waals surface area contributed by atoms with Crippen LogP contribution in [0, 0.1) is 5.92 Å². The lowest BCUT2D eigenvalue weighted by Crippen LogP contribution is -2.67. The number of aliphatic hydroxyl groups excluding tert-OH is 5. The van der Waals surface area contributed by atoms with Crippen molar-refractivity contribution in [3.05, 3.63) is 24.0 Å². The van der Waals surface area contributed by atoms with Crippen molar-refractivity contribution in [1.82, 2.24) is 0 Å². The molecular formula is C16H24O9. The maximum absolute atomic E-state index is 12.3. The van der Waals surface area contributed by atoms with Crippen LogP contribution in [0.3, 0.4) is 0 Å². The molecule has 2 aliphatic rings. The molecule has 9 heteroatoms. The minimum Gasteiger partial charge on any atom is -0.508 e. The first kappa shape index (κ1) is 19.8. The molecule has 1 saturated heterocycles. The first-order valence-electron chi connectivity index (χ1n) is 8.05. The van der Waals surface area contributed by atoms with Gasteiger partial charge in [-0.15, -0.1) is 0 Å². The van der Waals surface area contributed by atoms with Crippen molar-refractivity contribution in [1.29, 1.82) is 0 Å². The van der Waals surface area contributed by atoms with Gasteiger partial charge in [-0.2, -0.15) is 0 Å². The summed E-state index contributed by atoms with van der Waals surface area (Å²) in [5.74, 6) is -2.55. The highest BCUT2D eigenvalue weighted by Crippen LogP contribution is 2.38. The third kappa shape index (κ3) is 3.71. The monoisotopic (exact) mass is 360 g/mol. The van der Waals surface area contributed by atoms with Crippen molar-refractivity contribution in [2.45, 2.75) is 49.5 Å². The molecule has 0 aromatic rings. The molecule has 0 amide bonds. The summed E-state index contributed by atoms with van der Waals surface area (Å²) in [4.78, 5) is 12.3. The van der Waals surface area contributed by atoms with Crippen LogP contribution in [0.5, 0.6) is 0 Å². The molecule has 25 heavy (non-hydrogen) atoms. The molecule has 1 aliphatic carbocycles. The molecule has 1 heterocycles. The van der Waals surface area contributed by atoms with E-state index in [1.165, 1.54) is 0 Å². The second kappa shape index (κ2) is 7.81. The Balaban J connectivity index is 2.35. The molecule has 0 saturated carbocycles. The van der Waals surface area contributed by atoms with Gasteiger partial charge < -0.3 is 40.1 Å². The third-order valence-electron chi connectivity index (χ3n) is 4.41. The molecule has 142 valence electrons. The van der Waals surface area contributed by atoms with E-state index >= 15 is 0 Å². The zero-order valence-corrected chi connectivity index (χ0v) is 13.7. The fourth-order valence-electron chi connectivity index (χ4n) is 2.99. The van der Waals surface area contributed by atoms with Crippen LogP contribution in [0.15, 0.2) is 24.0 Å². The summed E-state index contributed by atoms with van der Waals surface area (Å²) in [5, 5.41) is 60.0. The fraction of sp³-hybridized carbons (Fsp3) is 0.688. The van der Waals surface area contributed by atoms with Gasteiger partial charge in [0.05, 0.1) is 13.2 Å². The average molecular weight is 360 g/mol. The highest BCUT2D eigenvalue weighted by atomic mass is 16.6. The summed E-state index contributed by atoms with van der Waals surface area (Å²) in [6.07, 6.45) is -4.07. The lowest BCUT2D eigenvalue weighted by atomic mass is 9.74. The minimum atomic E-state index is -2.16. The van der Waals surface area contributed by atoms with E-state index in [2.05, 4.69) is 0 Å². The van der Waals surface area contributed by atoms with Gasteiger partial charge in [-0.3, -0.25) is 4.79 Å². The number of aliphatic hydroxyl groups is 6. The van der Waals surface area contributed by atoms with Gasteiger partial charge in [-0.25, -0.2) is 0 Å². The van der Waals surface area contributed by atoms with Crippen LogP contribution in [0.25, 0.3) is 0 Å². The first-order chi connectivity index (χ1) is 11.8. The standard InChI is InChI=1S/C16H24O9/c1-2-5-24-15(22)9-6-8(18)3-4-16(9,23)14-13(21)12(20)11(19)10(7-17)25-14/h3-4,6,9-14,17-21,23H,2,5,7H2,1H3/t9?,10-,11-,12+,13-,14-,16?/m1/s1. The van der Waals surface area contributed by atoms with E-state index in [-0.39, 0.29) is 12.4 Å². The van der Waals surface area contributed by atoms with Crippen molar-refractivity contribution in [3.8, 4) is 0 Å². The molecule has 1 fully saturated rings. The summed E-state index contributed by atoms with van der Waals surface area (Å²) >= 11 is 0. The molecule has 0 bridgehead atoms. The van der Waals surface area contributed by atoms with Crippen molar-refractivity contribution in [2.24, 2.45) is 5.92 Å². The van der Waals surface area contributed by atoms with Crippen LogP contribution in [0.2, 0.25) is 0 Å². The second-order valence-electron chi connectivity index (χ2n) is 6.21. The molecule has 9 nitrogen and oxygen atoms in total. The molecule has 6 N–H and O–H groups in total. The Morgan fingerprint density at radius 2 is 1.96 bits per heavy atom. The largest absolute Gasteiger partial charge is 0.508 e. The average Bonchev–Trinajstić information content (AvgIpc) is 2.60. The smallest absolute Gasteiger partial charge is 0.316 e. The van der Waals surface area contributed by atoms with Crippen molar-refractivity contribution in [3.63, 3.8) is 0 Å². The zero-order valence-electron chi connectivity index (χ0n) is 13.7. The second-order valence-corrected chi connectivity index (χ2v) is 6.21. The van der Waals surface area contributed by atoms with E-state index in [0.717, 1.165) is 18.2 Å². The Morgan fingerprint density at radius 1 is 1.28 bits per heavy atom. The summed E-state index contributed by atoms with van der Waals surface area (Å²) in [6.45, 7) is 1.21. The van der Waals surface area contributed by atoms with Gasteiger partial charge in [0.15, 0.2) is 0 Å². The van der Waals surface area contributed by atoms with E-state index in [4.69, 9.17) is 9.47 Å². The normalized spacial score (nSPS) is 41.3. The maximum Gasteiger partial charge on any atom is 0.316 e. The number of esters is 1. The van der Waals surface area contributed by atoms with E-state index in [1.807, 2.05) is 0 Å². The predicted octanol–water partition coefficient (Wildman–Crippen LogP) is -1.86. The highest BCUT2D eigenvalue weighted by molar-refractivity contribution is 5.77. The third-order valence-corrected chi connectivity index (χ3v) is 4.41. The number of hydrogen-bond acceptors (Lipinski definition) is 9. The van der Waals surface area contributed by atoms with E-state index in [0.29, 0.717) is 6.42 Å². The molecule has 7 atom stereocenters. The Morgan fingerprint density at radius 3 is 2.56 bits per heavy atom. The lowest BCUT2D eigenvalue weighted by molar-refractivity contribution is -0.267. The van der Waals surface area contributed by atoms with Crippen LogP contribution in [-0.4, -0.2) is 85.9 Å². The van der Waals surface area contributed by atoms with Crippen LogP contribution < -0.4 is 0 Å². The molecule has 0 spiro atoms. The van der Waals surface area contributed by atoms with Gasteiger partial charge in [0.2, 0.25) is 0 Å². The summed E-state index contributed by atoms with van der Waals surface area (Å²) in [7, 11) is 0. The molecule has 2 unspecified atom stereocenters. The van der Waals surface area contributed by atoms with Crippen molar-refractivity contribution < 1.29 is 44.9 Å². The van der Waals surface area contributed by atoms with Gasteiger partial charge in [0.1, 0.15) is 47.8 Å². The Kier molecular flexibility index (Phi) is 6.20. The van der Waals surface area contributed by atoms with E-state index < -0.39 is 54.6 Å². The lowest BCUT2D eigenvalue weighted by Gasteiger charge is -2.47. The quantitative estimate of drug-likeness (QED) is 0.309. The Bertz CT molecular complexity index is 544. The molecule has 0 aromatic heterocycles. The number of carbonyl (C=O) groups excluding carboxylic acids is 1. The van der Waals surface area contributed by atoms with Gasteiger partial charge in [0, 0.05) is 0 Å². The number of rotatable bonds is 5. The summed E-state index contributed by atoms with van der Waals surface area (Å²) in [5.41, 5.74) is -2.16. The van der Waals surface area contributed by atoms with Crippen LogP contribution in [0.4, 0.5) is 0 Å². The highest BCUT2D eigenvalue weighted by Gasteiger charge is 2.56. The van der Waals surface area contributed by atoms with Gasteiger partial charge in [0.25, 0.3) is 0 Å². The van der Waals surface area contributed by atoms with Crippen LogP contribution in [0.1, 0.15) is 13.3 Å². The summed E-state index contributed by atoms with van der Waals surface area (Å²) < 4.78 is 10.4. The summed E-state index contributed by atoms with van der Waals surface area (Å²) in [6, 6.07) is 0. The van der Waals surface area contributed by atoms with Gasteiger partial charge in [-0.1, -0.05) is 6.92 Å². The SMILES string of the molecule is CCCOC(=O)C1C=C(O)C=CC1(O)[C@@H]1O[C@H](CO)[C@@H](O)[C@H](O)[C@H]1O. The molecule has 0 radical (unpaired) electrons. The number of hydrogen-bond donors (Lipinski definition) is 6. The van der Waals surface area contributed by atoms with Crippen molar-refractivity contribution in [2.75, 3.05) is 13.2 Å². The van der Waals surface area contributed by atoms with E-state index in [1.54, 1.807) is 6.92 Å². The molecule has 0 aromatic carbocycles. The minimum absolute atomic E-state index is 0.0956. The Hall–Kier alpha value is -1.49. The maximum atomic E-state index is 12.3. The zero-order chi connectivity index (χ0) is 18.8. The number of ether oxygens (including phenoxy) is 2. The predicted molar refractivity (Wildman–Crippen MR) is 83.3 cm³/mol.